The van der Waals surface area contributed by atoms with Crippen LogP contribution < -0.4 is 5.32 Å². The first-order chi connectivity index (χ1) is 10.2. The average molecular weight is 295 g/mol. The van der Waals surface area contributed by atoms with Gasteiger partial charge in [0.05, 0.1) is 5.60 Å². The van der Waals surface area contributed by atoms with Crippen LogP contribution in [0.3, 0.4) is 0 Å². The van der Waals surface area contributed by atoms with Crippen molar-refractivity contribution in [2.75, 3.05) is 33.4 Å². The summed E-state index contributed by atoms with van der Waals surface area (Å²) in [6.07, 6.45) is 9.06. The second kappa shape index (κ2) is 6.97. The van der Waals surface area contributed by atoms with Gasteiger partial charge in [0.25, 0.3) is 0 Å². The number of nitrogens with one attached hydrogen (secondary N) is 1. The Kier molecular flexibility index (Phi) is 5.23. The summed E-state index contributed by atoms with van der Waals surface area (Å²) in [4.78, 5) is 0. The molecule has 0 amide bonds. The molecule has 2 aliphatic heterocycles. The van der Waals surface area contributed by atoms with E-state index < -0.39 is 0 Å². The van der Waals surface area contributed by atoms with E-state index in [9.17, 15) is 0 Å². The third kappa shape index (κ3) is 3.62. The SMILES string of the molecule is CNCC1CCC(C)CC1C1CCOC2(CCOCC2)C1. The Bertz CT molecular complexity index is 322. The fourth-order valence-electron chi connectivity index (χ4n) is 5.10. The second-order valence-corrected chi connectivity index (χ2v) is 7.80. The molecule has 0 aromatic rings. The van der Waals surface area contributed by atoms with Gasteiger partial charge in [-0.25, -0.2) is 0 Å². The van der Waals surface area contributed by atoms with Gasteiger partial charge in [-0.1, -0.05) is 13.3 Å². The topological polar surface area (TPSA) is 30.5 Å². The van der Waals surface area contributed by atoms with Gasteiger partial charge in [0.2, 0.25) is 0 Å². The first-order valence-electron chi connectivity index (χ1n) is 9.09. The van der Waals surface area contributed by atoms with Crippen molar-refractivity contribution in [3.8, 4) is 0 Å². The van der Waals surface area contributed by atoms with Crippen LogP contribution in [0.5, 0.6) is 0 Å². The summed E-state index contributed by atoms with van der Waals surface area (Å²) in [5.41, 5.74) is 0.159. The van der Waals surface area contributed by atoms with Gasteiger partial charge in [0.1, 0.15) is 0 Å². The van der Waals surface area contributed by atoms with E-state index in [-0.39, 0.29) is 5.60 Å². The maximum atomic E-state index is 6.25. The van der Waals surface area contributed by atoms with Gasteiger partial charge in [0.15, 0.2) is 0 Å². The van der Waals surface area contributed by atoms with E-state index in [0.717, 1.165) is 56.3 Å². The number of hydrogen-bond donors (Lipinski definition) is 1. The van der Waals surface area contributed by atoms with Crippen LogP contribution in [0.25, 0.3) is 0 Å². The van der Waals surface area contributed by atoms with Crippen molar-refractivity contribution in [3.63, 3.8) is 0 Å². The summed E-state index contributed by atoms with van der Waals surface area (Å²) >= 11 is 0. The summed E-state index contributed by atoms with van der Waals surface area (Å²) < 4.78 is 11.8. The molecule has 2 saturated heterocycles. The van der Waals surface area contributed by atoms with Crippen LogP contribution in [0.4, 0.5) is 0 Å². The molecule has 3 nitrogen and oxygen atoms in total. The van der Waals surface area contributed by atoms with Crippen LogP contribution in [-0.4, -0.2) is 39.0 Å². The van der Waals surface area contributed by atoms with Crippen molar-refractivity contribution >= 4 is 0 Å². The molecule has 0 bridgehead atoms. The molecule has 122 valence electrons. The summed E-state index contributed by atoms with van der Waals surface area (Å²) in [6, 6.07) is 0. The molecule has 3 aliphatic rings. The summed E-state index contributed by atoms with van der Waals surface area (Å²) in [5, 5.41) is 3.44. The first kappa shape index (κ1) is 15.8. The van der Waals surface area contributed by atoms with Crippen molar-refractivity contribution in [1.82, 2.24) is 5.32 Å². The van der Waals surface area contributed by atoms with Crippen LogP contribution in [0, 0.1) is 23.7 Å². The number of rotatable bonds is 3. The minimum Gasteiger partial charge on any atom is -0.381 e. The molecule has 1 aliphatic carbocycles. The number of hydrogen-bond acceptors (Lipinski definition) is 3. The van der Waals surface area contributed by atoms with Crippen LogP contribution in [0.2, 0.25) is 0 Å². The quantitative estimate of drug-likeness (QED) is 0.867. The Labute approximate surface area is 130 Å². The summed E-state index contributed by atoms with van der Waals surface area (Å²) in [5.74, 6) is 3.57. The van der Waals surface area contributed by atoms with Crippen LogP contribution >= 0.6 is 0 Å². The molecule has 0 aromatic heterocycles. The molecular weight excluding hydrogens is 262 g/mol. The third-order valence-corrected chi connectivity index (χ3v) is 6.32. The van der Waals surface area contributed by atoms with Gasteiger partial charge in [-0.15, -0.1) is 0 Å². The molecule has 3 rings (SSSR count). The molecule has 21 heavy (non-hydrogen) atoms. The Morgan fingerprint density at radius 3 is 2.67 bits per heavy atom. The van der Waals surface area contributed by atoms with Gasteiger partial charge >= 0.3 is 0 Å². The zero-order valence-electron chi connectivity index (χ0n) is 13.9. The van der Waals surface area contributed by atoms with Crippen LogP contribution in [0.1, 0.15) is 51.9 Å². The highest BCUT2D eigenvalue weighted by atomic mass is 16.5. The normalized spacial score (nSPS) is 40.3. The van der Waals surface area contributed by atoms with Crippen molar-refractivity contribution in [3.05, 3.63) is 0 Å². The predicted molar refractivity (Wildman–Crippen MR) is 85.4 cm³/mol. The van der Waals surface area contributed by atoms with Crippen molar-refractivity contribution in [1.29, 1.82) is 0 Å². The lowest BCUT2D eigenvalue weighted by atomic mass is 9.64. The fourth-order valence-corrected chi connectivity index (χ4v) is 5.10. The monoisotopic (exact) mass is 295 g/mol. The smallest absolute Gasteiger partial charge is 0.0729 e. The maximum Gasteiger partial charge on any atom is 0.0729 e. The highest BCUT2D eigenvalue weighted by Gasteiger charge is 2.43. The summed E-state index contributed by atoms with van der Waals surface area (Å²) in [6.45, 7) is 6.42. The average Bonchev–Trinajstić information content (AvgIpc) is 2.50. The molecule has 0 radical (unpaired) electrons. The van der Waals surface area contributed by atoms with Crippen LogP contribution in [-0.2, 0) is 9.47 Å². The Morgan fingerprint density at radius 2 is 1.90 bits per heavy atom. The predicted octanol–water partition coefficient (Wildman–Crippen LogP) is 3.23. The largest absolute Gasteiger partial charge is 0.381 e. The molecule has 0 aromatic carbocycles. The van der Waals surface area contributed by atoms with E-state index in [1.54, 1.807) is 0 Å². The lowest BCUT2D eigenvalue weighted by Crippen LogP contribution is -2.47. The van der Waals surface area contributed by atoms with E-state index in [1.165, 1.54) is 38.6 Å². The summed E-state index contributed by atoms with van der Waals surface area (Å²) in [7, 11) is 2.11. The van der Waals surface area contributed by atoms with Gasteiger partial charge in [-0.2, -0.15) is 0 Å². The Hall–Kier alpha value is -0.120. The Morgan fingerprint density at radius 1 is 1.10 bits per heavy atom. The Balaban J connectivity index is 1.68. The first-order valence-corrected chi connectivity index (χ1v) is 9.09. The fraction of sp³-hybridized carbons (Fsp3) is 1.00. The standard InChI is InChI=1S/C18H33NO2/c1-14-3-4-16(13-19-2)17(11-14)15-5-8-21-18(12-15)6-9-20-10-7-18/h14-17,19H,3-13H2,1-2H3. The molecule has 4 atom stereocenters. The van der Waals surface area contributed by atoms with Gasteiger partial charge < -0.3 is 14.8 Å². The lowest BCUT2D eigenvalue weighted by Gasteiger charge is -2.48. The molecule has 1 N–H and O–H groups in total. The van der Waals surface area contributed by atoms with E-state index >= 15 is 0 Å². The maximum absolute atomic E-state index is 6.25. The van der Waals surface area contributed by atoms with E-state index in [1.807, 2.05) is 0 Å². The molecule has 3 heteroatoms. The van der Waals surface area contributed by atoms with Crippen LogP contribution in [0.15, 0.2) is 0 Å². The second-order valence-electron chi connectivity index (χ2n) is 7.80. The van der Waals surface area contributed by atoms with Gasteiger partial charge in [0, 0.05) is 19.8 Å². The van der Waals surface area contributed by atoms with Gasteiger partial charge in [-0.3, -0.25) is 0 Å². The van der Waals surface area contributed by atoms with E-state index in [4.69, 9.17) is 9.47 Å². The number of ether oxygens (including phenoxy) is 2. The molecular formula is C18H33NO2. The van der Waals surface area contributed by atoms with E-state index in [2.05, 4.69) is 19.3 Å². The zero-order valence-corrected chi connectivity index (χ0v) is 13.9. The minimum atomic E-state index is 0.159. The highest BCUT2D eigenvalue weighted by Crippen LogP contribution is 2.46. The molecule has 1 saturated carbocycles. The highest BCUT2D eigenvalue weighted by molar-refractivity contribution is 4.94. The van der Waals surface area contributed by atoms with Crippen molar-refractivity contribution < 1.29 is 9.47 Å². The van der Waals surface area contributed by atoms with Gasteiger partial charge in [-0.05, 0) is 75.8 Å². The van der Waals surface area contributed by atoms with Crippen molar-refractivity contribution in [2.45, 2.75) is 57.5 Å². The minimum absolute atomic E-state index is 0.159. The molecule has 2 heterocycles. The molecule has 4 unspecified atom stereocenters. The zero-order chi connectivity index (χ0) is 14.7. The third-order valence-electron chi connectivity index (χ3n) is 6.32. The molecule has 1 spiro atoms. The lowest BCUT2D eigenvalue weighted by molar-refractivity contribution is -0.157. The van der Waals surface area contributed by atoms with E-state index in [0.29, 0.717) is 0 Å². The van der Waals surface area contributed by atoms with Crippen molar-refractivity contribution in [2.24, 2.45) is 23.7 Å². The molecule has 3 fully saturated rings.